The Morgan fingerprint density at radius 3 is 3.00 bits per heavy atom. The van der Waals surface area contributed by atoms with E-state index in [1.165, 1.54) is 0 Å². The van der Waals surface area contributed by atoms with Crippen LogP contribution >= 0.6 is 22.9 Å². The number of imidazole rings is 1. The van der Waals surface area contributed by atoms with Gasteiger partial charge >= 0.3 is 0 Å². The van der Waals surface area contributed by atoms with Crippen LogP contribution in [-0.4, -0.2) is 9.38 Å². The van der Waals surface area contributed by atoms with Crippen LogP contribution in [-0.2, 0) is 0 Å². The summed E-state index contributed by atoms with van der Waals surface area (Å²) in [6.07, 6.45) is 2.04. The Hall–Kier alpha value is -1.32. The quantitative estimate of drug-likeness (QED) is 0.636. The van der Waals surface area contributed by atoms with Crippen LogP contribution < -0.4 is 0 Å². The lowest BCUT2D eigenvalue weighted by Crippen LogP contribution is -1.84. The summed E-state index contributed by atoms with van der Waals surface area (Å²) in [4.78, 5) is 5.63. The average molecular weight is 249 g/mol. The van der Waals surface area contributed by atoms with Gasteiger partial charge in [0.2, 0.25) is 0 Å². The van der Waals surface area contributed by atoms with Crippen LogP contribution in [0.4, 0.5) is 0 Å². The van der Waals surface area contributed by atoms with Gasteiger partial charge in [-0.2, -0.15) is 0 Å². The molecule has 2 heterocycles. The molecular formula is C12H9ClN2S. The van der Waals surface area contributed by atoms with E-state index in [9.17, 15) is 0 Å². The van der Waals surface area contributed by atoms with E-state index in [1.54, 1.807) is 11.3 Å². The van der Waals surface area contributed by atoms with Crippen LogP contribution in [0.15, 0.2) is 35.8 Å². The standard InChI is InChI=1S/C12H9ClN2S/c1-8-11(9-3-2-4-10(13)7-9)14-12-15(8)5-6-16-12/h2-7H,1H3. The number of thiazole rings is 1. The van der Waals surface area contributed by atoms with Gasteiger partial charge in [0.05, 0.1) is 5.69 Å². The predicted octanol–water partition coefficient (Wildman–Crippen LogP) is 4.02. The molecule has 0 fully saturated rings. The third-order valence-electron chi connectivity index (χ3n) is 2.60. The number of hydrogen-bond donors (Lipinski definition) is 0. The molecule has 0 saturated heterocycles. The molecule has 0 bridgehead atoms. The van der Waals surface area contributed by atoms with E-state index in [2.05, 4.69) is 16.3 Å². The van der Waals surface area contributed by atoms with Crippen molar-refractivity contribution in [1.29, 1.82) is 0 Å². The fraction of sp³-hybridized carbons (Fsp3) is 0.0833. The summed E-state index contributed by atoms with van der Waals surface area (Å²) in [6, 6.07) is 7.80. The van der Waals surface area contributed by atoms with Gasteiger partial charge in [-0.25, -0.2) is 4.98 Å². The van der Waals surface area contributed by atoms with Gasteiger partial charge in [0, 0.05) is 27.9 Å². The maximum atomic E-state index is 5.99. The molecule has 0 aliphatic heterocycles. The number of aromatic nitrogens is 2. The molecule has 0 atom stereocenters. The number of fused-ring (bicyclic) bond motifs is 1. The molecule has 3 rings (SSSR count). The summed E-state index contributed by atoms with van der Waals surface area (Å²) in [5, 5.41) is 2.78. The van der Waals surface area contributed by atoms with E-state index in [0.717, 1.165) is 26.9 Å². The second-order valence-corrected chi connectivity index (χ2v) is 4.92. The van der Waals surface area contributed by atoms with Crippen molar-refractivity contribution in [3.05, 3.63) is 46.6 Å². The fourth-order valence-corrected chi connectivity index (χ4v) is 2.76. The summed E-state index contributed by atoms with van der Waals surface area (Å²) in [7, 11) is 0. The first-order valence-electron chi connectivity index (χ1n) is 4.94. The molecule has 4 heteroatoms. The molecule has 0 aliphatic carbocycles. The highest BCUT2D eigenvalue weighted by Crippen LogP contribution is 2.27. The molecule has 1 aromatic carbocycles. The fourth-order valence-electron chi connectivity index (χ4n) is 1.81. The Balaban J connectivity index is 2.25. The minimum atomic E-state index is 0.744. The molecule has 3 aromatic rings. The smallest absolute Gasteiger partial charge is 0.194 e. The molecule has 80 valence electrons. The molecule has 0 aliphatic rings. The first-order chi connectivity index (χ1) is 7.75. The Morgan fingerprint density at radius 2 is 2.25 bits per heavy atom. The topological polar surface area (TPSA) is 17.3 Å². The second kappa shape index (κ2) is 3.61. The molecular weight excluding hydrogens is 240 g/mol. The Bertz CT molecular complexity index is 654. The van der Waals surface area contributed by atoms with E-state index in [0.29, 0.717) is 0 Å². The molecule has 0 amide bonds. The highest BCUT2D eigenvalue weighted by Gasteiger charge is 2.10. The molecule has 16 heavy (non-hydrogen) atoms. The van der Waals surface area contributed by atoms with Crippen molar-refractivity contribution in [2.24, 2.45) is 0 Å². The zero-order chi connectivity index (χ0) is 11.1. The van der Waals surface area contributed by atoms with Gasteiger partial charge in [-0.15, -0.1) is 11.3 Å². The number of nitrogens with zero attached hydrogens (tertiary/aromatic N) is 2. The minimum absolute atomic E-state index is 0.744. The van der Waals surface area contributed by atoms with Gasteiger partial charge < -0.3 is 0 Å². The number of aryl methyl sites for hydroxylation is 1. The lowest BCUT2D eigenvalue weighted by atomic mass is 10.1. The van der Waals surface area contributed by atoms with E-state index in [1.807, 2.05) is 35.8 Å². The van der Waals surface area contributed by atoms with Crippen molar-refractivity contribution < 1.29 is 0 Å². The Morgan fingerprint density at radius 1 is 1.38 bits per heavy atom. The van der Waals surface area contributed by atoms with Crippen LogP contribution in [0.1, 0.15) is 5.69 Å². The predicted molar refractivity (Wildman–Crippen MR) is 68.3 cm³/mol. The maximum Gasteiger partial charge on any atom is 0.194 e. The first kappa shape index (κ1) is 9.87. The van der Waals surface area contributed by atoms with Gasteiger partial charge in [-0.1, -0.05) is 23.7 Å². The Labute approximate surface area is 102 Å². The Kier molecular flexibility index (Phi) is 2.23. The normalized spacial score (nSPS) is 11.1. The van der Waals surface area contributed by atoms with Gasteiger partial charge in [0.15, 0.2) is 4.96 Å². The van der Waals surface area contributed by atoms with E-state index in [4.69, 9.17) is 11.6 Å². The first-order valence-corrected chi connectivity index (χ1v) is 6.19. The lowest BCUT2D eigenvalue weighted by Gasteiger charge is -1.99. The van der Waals surface area contributed by atoms with Gasteiger partial charge in [-0.3, -0.25) is 4.40 Å². The van der Waals surface area contributed by atoms with Gasteiger partial charge in [-0.05, 0) is 19.1 Å². The van der Waals surface area contributed by atoms with Crippen molar-refractivity contribution >= 4 is 27.9 Å². The van der Waals surface area contributed by atoms with Crippen molar-refractivity contribution in [1.82, 2.24) is 9.38 Å². The third kappa shape index (κ3) is 1.44. The van der Waals surface area contributed by atoms with E-state index in [-0.39, 0.29) is 0 Å². The van der Waals surface area contributed by atoms with Crippen LogP contribution in [0.5, 0.6) is 0 Å². The molecule has 2 aromatic heterocycles. The summed E-state index contributed by atoms with van der Waals surface area (Å²) >= 11 is 7.63. The van der Waals surface area contributed by atoms with Crippen LogP contribution in [0, 0.1) is 6.92 Å². The lowest BCUT2D eigenvalue weighted by molar-refractivity contribution is 1.14. The van der Waals surface area contributed by atoms with Crippen LogP contribution in [0.2, 0.25) is 5.02 Å². The summed E-state index contributed by atoms with van der Waals surface area (Å²) in [6.45, 7) is 2.07. The van der Waals surface area contributed by atoms with Crippen molar-refractivity contribution in [3.63, 3.8) is 0 Å². The zero-order valence-electron chi connectivity index (χ0n) is 8.64. The zero-order valence-corrected chi connectivity index (χ0v) is 10.2. The third-order valence-corrected chi connectivity index (χ3v) is 3.59. The van der Waals surface area contributed by atoms with Crippen LogP contribution in [0.3, 0.4) is 0 Å². The van der Waals surface area contributed by atoms with E-state index < -0.39 is 0 Å². The van der Waals surface area contributed by atoms with Gasteiger partial charge in [0.25, 0.3) is 0 Å². The van der Waals surface area contributed by atoms with E-state index >= 15 is 0 Å². The number of hydrogen-bond acceptors (Lipinski definition) is 2. The molecule has 0 radical (unpaired) electrons. The highest BCUT2D eigenvalue weighted by atomic mass is 35.5. The average Bonchev–Trinajstić information content (AvgIpc) is 2.82. The van der Waals surface area contributed by atoms with Gasteiger partial charge in [0.1, 0.15) is 0 Å². The SMILES string of the molecule is Cc1c(-c2cccc(Cl)c2)nc2sccn12. The molecule has 0 unspecified atom stereocenters. The van der Waals surface area contributed by atoms with Crippen molar-refractivity contribution in [3.8, 4) is 11.3 Å². The minimum Gasteiger partial charge on any atom is -0.294 e. The summed E-state index contributed by atoms with van der Waals surface area (Å²) < 4.78 is 2.10. The molecule has 2 nitrogen and oxygen atoms in total. The maximum absolute atomic E-state index is 5.99. The molecule has 0 saturated carbocycles. The largest absolute Gasteiger partial charge is 0.294 e. The number of benzene rings is 1. The highest BCUT2D eigenvalue weighted by molar-refractivity contribution is 7.15. The summed E-state index contributed by atoms with van der Waals surface area (Å²) in [5.74, 6) is 0. The number of rotatable bonds is 1. The molecule has 0 spiro atoms. The number of halogens is 1. The van der Waals surface area contributed by atoms with Crippen molar-refractivity contribution in [2.75, 3.05) is 0 Å². The second-order valence-electron chi connectivity index (χ2n) is 3.61. The summed E-state index contributed by atoms with van der Waals surface area (Å²) in [5.41, 5.74) is 3.23. The van der Waals surface area contributed by atoms with Crippen molar-refractivity contribution in [2.45, 2.75) is 6.92 Å². The van der Waals surface area contributed by atoms with Crippen LogP contribution in [0.25, 0.3) is 16.2 Å². The monoisotopic (exact) mass is 248 g/mol. The molecule has 0 N–H and O–H groups in total.